The number of carbonyl (C=O) groups excluding carboxylic acids is 2. The zero-order chi connectivity index (χ0) is 13.5. The maximum absolute atomic E-state index is 11.9. The smallest absolute Gasteiger partial charge is 0.404 e. The van der Waals surface area contributed by atoms with Crippen molar-refractivity contribution in [3.8, 4) is 0 Å². The molecule has 1 rings (SSSR count). The van der Waals surface area contributed by atoms with E-state index in [1.54, 1.807) is 6.07 Å². The van der Waals surface area contributed by atoms with Crippen LogP contribution in [0.4, 0.5) is 4.79 Å². The molecule has 1 aromatic rings. The van der Waals surface area contributed by atoms with Gasteiger partial charge in [0.25, 0.3) is 5.91 Å². The van der Waals surface area contributed by atoms with Gasteiger partial charge in [-0.3, -0.25) is 4.79 Å². The van der Waals surface area contributed by atoms with E-state index in [0.29, 0.717) is 5.69 Å². The van der Waals surface area contributed by atoms with E-state index >= 15 is 0 Å². The molecule has 7 heteroatoms. The van der Waals surface area contributed by atoms with Crippen LogP contribution >= 0.6 is 15.9 Å². The molecule has 1 heterocycles. The van der Waals surface area contributed by atoms with E-state index in [2.05, 4.69) is 26.0 Å². The number of aryl methyl sites for hydroxylation is 1. The minimum atomic E-state index is -0.846. The fourth-order valence-corrected chi connectivity index (χ4v) is 1.96. The number of nitrogens with one attached hydrogen (secondary N) is 1. The van der Waals surface area contributed by atoms with Crippen molar-refractivity contribution >= 4 is 27.9 Å². The summed E-state index contributed by atoms with van der Waals surface area (Å²) in [6, 6.07) is 1.75. The van der Waals surface area contributed by atoms with E-state index in [9.17, 15) is 9.59 Å². The molecule has 0 bridgehead atoms. The summed E-state index contributed by atoms with van der Waals surface area (Å²) in [5, 5.41) is 2.65. The average molecular weight is 318 g/mol. The highest BCUT2D eigenvalue weighted by Crippen LogP contribution is 2.15. The van der Waals surface area contributed by atoms with Crippen molar-refractivity contribution in [2.24, 2.45) is 5.73 Å². The molecular weight excluding hydrogens is 302 g/mol. The number of hydrogen-bond donors (Lipinski definition) is 2. The first-order valence-electron chi connectivity index (χ1n) is 5.60. The molecule has 1 aromatic heterocycles. The van der Waals surface area contributed by atoms with Gasteiger partial charge in [0, 0.05) is 17.2 Å². The van der Waals surface area contributed by atoms with Gasteiger partial charge in [-0.2, -0.15) is 0 Å². The molecule has 0 aliphatic heterocycles. The molecule has 100 valence electrons. The molecule has 0 saturated carbocycles. The number of primary amides is 1. The third-order valence-electron chi connectivity index (χ3n) is 2.19. The molecule has 0 atom stereocenters. The summed E-state index contributed by atoms with van der Waals surface area (Å²) >= 11 is 3.34. The average Bonchev–Trinajstić information content (AvgIpc) is 2.66. The van der Waals surface area contributed by atoms with Crippen molar-refractivity contribution in [2.75, 3.05) is 13.2 Å². The molecule has 0 fully saturated rings. The van der Waals surface area contributed by atoms with Crippen LogP contribution in [0.5, 0.6) is 0 Å². The minimum absolute atomic E-state index is 0.0662. The summed E-state index contributed by atoms with van der Waals surface area (Å²) < 4.78 is 7.24. The van der Waals surface area contributed by atoms with Crippen molar-refractivity contribution in [2.45, 2.75) is 19.9 Å². The van der Waals surface area contributed by atoms with Crippen LogP contribution in [0.15, 0.2) is 16.7 Å². The van der Waals surface area contributed by atoms with Crippen LogP contribution in [0.1, 0.15) is 23.8 Å². The number of rotatable bonds is 6. The molecule has 2 amide bonds. The lowest BCUT2D eigenvalue weighted by molar-refractivity contribution is 0.0927. The van der Waals surface area contributed by atoms with Gasteiger partial charge in [-0.1, -0.05) is 6.92 Å². The van der Waals surface area contributed by atoms with Gasteiger partial charge >= 0.3 is 6.09 Å². The molecule has 18 heavy (non-hydrogen) atoms. The van der Waals surface area contributed by atoms with Crippen LogP contribution in [0, 0.1) is 0 Å². The third-order valence-corrected chi connectivity index (χ3v) is 2.63. The van der Waals surface area contributed by atoms with E-state index in [1.165, 1.54) is 0 Å². The van der Waals surface area contributed by atoms with Crippen LogP contribution < -0.4 is 11.1 Å². The number of ether oxygens (including phenoxy) is 1. The third kappa shape index (κ3) is 4.40. The first kappa shape index (κ1) is 14.6. The van der Waals surface area contributed by atoms with E-state index in [-0.39, 0.29) is 19.1 Å². The van der Waals surface area contributed by atoms with Gasteiger partial charge in [0.1, 0.15) is 12.3 Å². The predicted octanol–water partition coefficient (Wildman–Crippen LogP) is 1.49. The van der Waals surface area contributed by atoms with Gasteiger partial charge in [-0.15, -0.1) is 0 Å². The second-order valence-electron chi connectivity index (χ2n) is 3.66. The summed E-state index contributed by atoms with van der Waals surface area (Å²) in [4.78, 5) is 22.2. The van der Waals surface area contributed by atoms with Crippen molar-refractivity contribution in [1.82, 2.24) is 9.88 Å². The Morgan fingerprint density at radius 2 is 2.28 bits per heavy atom. The molecular formula is C11H16BrN3O3. The first-order chi connectivity index (χ1) is 8.54. The molecule has 0 radical (unpaired) electrons. The Hall–Kier alpha value is -1.50. The number of carbonyl (C=O) groups is 2. The number of aromatic nitrogens is 1. The highest BCUT2D eigenvalue weighted by Gasteiger charge is 2.12. The summed E-state index contributed by atoms with van der Waals surface area (Å²) in [6.07, 6.45) is 1.95. The largest absolute Gasteiger partial charge is 0.448 e. The quantitative estimate of drug-likeness (QED) is 0.779. The molecule has 0 aliphatic rings. The van der Waals surface area contributed by atoms with Crippen LogP contribution in [0.3, 0.4) is 0 Å². The van der Waals surface area contributed by atoms with Gasteiger partial charge in [0.15, 0.2) is 0 Å². The Bertz CT molecular complexity index is 431. The predicted molar refractivity (Wildman–Crippen MR) is 70.3 cm³/mol. The number of nitrogens with zero attached hydrogens (tertiary/aromatic N) is 1. The summed E-state index contributed by atoms with van der Waals surface area (Å²) in [7, 11) is 0. The van der Waals surface area contributed by atoms with Crippen LogP contribution in [0.25, 0.3) is 0 Å². The lowest BCUT2D eigenvalue weighted by Crippen LogP contribution is -2.30. The van der Waals surface area contributed by atoms with Crippen molar-refractivity contribution in [3.05, 3.63) is 22.4 Å². The summed E-state index contributed by atoms with van der Waals surface area (Å²) in [5.41, 5.74) is 5.38. The number of halogens is 1. The van der Waals surface area contributed by atoms with E-state index in [4.69, 9.17) is 5.73 Å². The van der Waals surface area contributed by atoms with Crippen LogP contribution in [0.2, 0.25) is 0 Å². The minimum Gasteiger partial charge on any atom is -0.448 e. The highest BCUT2D eigenvalue weighted by molar-refractivity contribution is 9.10. The highest BCUT2D eigenvalue weighted by atomic mass is 79.9. The lowest BCUT2D eigenvalue weighted by atomic mass is 10.3. The molecule has 0 aromatic carbocycles. The Labute approximate surface area is 114 Å². The van der Waals surface area contributed by atoms with E-state index < -0.39 is 6.09 Å². The standard InChI is InChI=1S/C11H16BrN3O3/c1-2-4-15-7-8(12)6-9(15)10(16)14-3-5-18-11(13)17/h6-7H,2-5H2,1H3,(H2,13,17)(H,14,16). The van der Waals surface area contributed by atoms with Crippen molar-refractivity contribution in [3.63, 3.8) is 0 Å². The molecule has 0 aliphatic carbocycles. The molecule has 0 saturated heterocycles. The maximum Gasteiger partial charge on any atom is 0.404 e. The maximum atomic E-state index is 11.9. The van der Waals surface area contributed by atoms with Crippen molar-refractivity contribution in [1.29, 1.82) is 0 Å². The summed E-state index contributed by atoms with van der Waals surface area (Å²) in [5.74, 6) is -0.206. The fourth-order valence-electron chi connectivity index (χ4n) is 1.50. The van der Waals surface area contributed by atoms with E-state index in [1.807, 2.05) is 17.7 Å². The van der Waals surface area contributed by atoms with Crippen LogP contribution in [-0.2, 0) is 11.3 Å². The zero-order valence-corrected chi connectivity index (χ0v) is 11.7. The van der Waals surface area contributed by atoms with Gasteiger partial charge < -0.3 is 20.4 Å². The first-order valence-corrected chi connectivity index (χ1v) is 6.40. The van der Waals surface area contributed by atoms with Crippen LogP contribution in [-0.4, -0.2) is 29.7 Å². The second kappa shape index (κ2) is 7.05. The zero-order valence-electron chi connectivity index (χ0n) is 10.1. The lowest BCUT2D eigenvalue weighted by Gasteiger charge is -2.08. The Morgan fingerprint density at radius 3 is 2.89 bits per heavy atom. The fraction of sp³-hybridized carbons (Fsp3) is 0.455. The molecule has 3 N–H and O–H groups in total. The Morgan fingerprint density at radius 1 is 1.56 bits per heavy atom. The summed E-state index contributed by atoms with van der Waals surface area (Å²) in [6.45, 7) is 3.11. The Kier molecular flexibility index (Phi) is 5.70. The second-order valence-corrected chi connectivity index (χ2v) is 4.58. The molecule has 0 unspecified atom stereocenters. The van der Waals surface area contributed by atoms with Gasteiger partial charge in [0.05, 0.1) is 6.54 Å². The van der Waals surface area contributed by atoms with Gasteiger partial charge in [-0.25, -0.2) is 4.79 Å². The normalized spacial score (nSPS) is 10.1. The topological polar surface area (TPSA) is 86.3 Å². The SMILES string of the molecule is CCCn1cc(Br)cc1C(=O)NCCOC(N)=O. The van der Waals surface area contributed by atoms with Gasteiger partial charge in [0.2, 0.25) is 0 Å². The van der Waals surface area contributed by atoms with E-state index in [0.717, 1.165) is 17.4 Å². The molecule has 6 nitrogen and oxygen atoms in total. The number of nitrogens with two attached hydrogens (primary N) is 1. The number of amides is 2. The number of hydrogen-bond acceptors (Lipinski definition) is 3. The molecule has 0 spiro atoms. The monoisotopic (exact) mass is 317 g/mol. The van der Waals surface area contributed by atoms with Gasteiger partial charge in [-0.05, 0) is 28.4 Å². The Balaban J connectivity index is 2.52. The van der Waals surface area contributed by atoms with Crippen molar-refractivity contribution < 1.29 is 14.3 Å².